The van der Waals surface area contributed by atoms with Gasteiger partial charge in [-0.2, -0.15) is 0 Å². The van der Waals surface area contributed by atoms with Gasteiger partial charge in [-0.05, 0) is 0 Å². The fourth-order valence-electron chi connectivity index (χ4n) is 2.34. The molecule has 5 N–H and O–H groups in total. The highest BCUT2D eigenvalue weighted by Crippen LogP contribution is 2.26. The summed E-state index contributed by atoms with van der Waals surface area (Å²) in [7, 11) is 0. The van der Waals surface area contributed by atoms with Crippen molar-refractivity contribution in [1.82, 2.24) is 14.9 Å². The van der Waals surface area contributed by atoms with Crippen LogP contribution in [0.3, 0.4) is 0 Å². The number of H-pyrrole nitrogens is 1. The van der Waals surface area contributed by atoms with Gasteiger partial charge in [0, 0.05) is 6.42 Å². The van der Waals surface area contributed by atoms with Crippen LogP contribution in [0.4, 0.5) is 0 Å². The number of rotatable bonds is 2. The molecule has 3 atom stereocenters. The maximum Gasteiger partial charge on any atom is 0.329 e. The SMILES string of the molecule is O=c1[nH]c2c(n1[C@H]1C[C@H](O)[C@@H](CO)O1)=NCNC=2O. The zero-order chi connectivity index (χ0) is 13.6. The van der Waals surface area contributed by atoms with Gasteiger partial charge in [-0.3, -0.25) is 4.98 Å². The van der Waals surface area contributed by atoms with Crippen LogP contribution in [0.1, 0.15) is 12.6 Å². The van der Waals surface area contributed by atoms with Gasteiger partial charge in [-0.15, -0.1) is 0 Å². The van der Waals surface area contributed by atoms with Gasteiger partial charge in [-0.25, -0.2) is 14.4 Å². The third-order valence-electron chi connectivity index (χ3n) is 3.29. The number of aromatic amines is 1. The summed E-state index contributed by atoms with van der Waals surface area (Å²) in [6.45, 7) is -0.177. The highest BCUT2D eigenvalue weighted by atomic mass is 16.5. The lowest BCUT2D eigenvalue weighted by atomic mass is 10.2. The standard InChI is InChI=1S/C10H14N4O5/c15-2-5-4(16)1-6(19-5)14-8-7(13-10(14)18)9(17)12-3-11-8/h4-6,12,15-17H,1-3H2,(H,13,18)/t4-,5+,6+/m0/s1. The Balaban J connectivity index is 2.09. The highest BCUT2D eigenvalue weighted by molar-refractivity contribution is 5.28. The second-order valence-electron chi connectivity index (χ2n) is 4.46. The van der Waals surface area contributed by atoms with Crippen LogP contribution >= 0.6 is 0 Å². The van der Waals surface area contributed by atoms with Crippen molar-refractivity contribution in [3.63, 3.8) is 0 Å². The quantitative estimate of drug-likeness (QED) is 0.381. The van der Waals surface area contributed by atoms with Gasteiger partial charge in [0.05, 0.1) is 12.7 Å². The lowest BCUT2D eigenvalue weighted by Gasteiger charge is -2.13. The molecular formula is C10H14N4O5. The van der Waals surface area contributed by atoms with Crippen molar-refractivity contribution in [3.8, 4) is 0 Å². The van der Waals surface area contributed by atoms with E-state index in [1.807, 2.05) is 0 Å². The molecule has 9 nitrogen and oxygen atoms in total. The summed E-state index contributed by atoms with van der Waals surface area (Å²) in [5.41, 5.74) is -0.211. The van der Waals surface area contributed by atoms with Gasteiger partial charge in [0.1, 0.15) is 24.3 Å². The van der Waals surface area contributed by atoms with E-state index in [0.717, 1.165) is 0 Å². The molecule has 2 aliphatic rings. The molecule has 1 aromatic rings. The normalized spacial score (nSPS) is 29.8. The second kappa shape index (κ2) is 4.37. The average Bonchev–Trinajstić information content (AvgIpc) is 2.90. The fourth-order valence-corrected chi connectivity index (χ4v) is 2.34. The van der Waals surface area contributed by atoms with Gasteiger partial charge in [0.25, 0.3) is 0 Å². The molecule has 3 heterocycles. The lowest BCUT2D eigenvalue weighted by Crippen LogP contribution is -2.42. The van der Waals surface area contributed by atoms with Crippen LogP contribution in [0, 0.1) is 0 Å². The van der Waals surface area contributed by atoms with E-state index >= 15 is 0 Å². The first-order valence-corrected chi connectivity index (χ1v) is 5.88. The van der Waals surface area contributed by atoms with E-state index in [0.29, 0.717) is 0 Å². The van der Waals surface area contributed by atoms with Crippen LogP contribution < -0.4 is 21.8 Å². The summed E-state index contributed by atoms with van der Waals surface area (Å²) < 4.78 is 6.66. The smallest absolute Gasteiger partial charge is 0.329 e. The number of imidazole rings is 1. The van der Waals surface area contributed by atoms with E-state index in [9.17, 15) is 15.0 Å². The number of aliphatic hydroxyl groups is 3. The monoisotopic (exact) mass is 270 g/mol. The van der Waals surface area contributed by atoms with Crippen LogP contribution in [0.2, 0.25) is 0 Å². The van der Waals surface area contributed by atoms with Crippen molar-refractivity contribution in [1.29, 1.82) is 0 Å². The number of hydrogen-bond acceptors (Lipinski definition) is 7. The van der Waals surface area contributed by atoms with E-state index in [1.54, 1.807) is 0 Å². The molecular weight excluding hydrogens is 256 g/mol. The second-order valence-corrected chi connectivity index (χ2v) is 4.46. The minimum atomic E-state index is -0.841. The maximum absolute atomic E-state index is 11.9. The molecule has 1 fully saturated rings. The van der Waals surface area contributed by atoms with E-state index in [4.69, 9.17) is 9.84 Å². The minimum absolute atomic E-state index is 0.148. The molecule has 19 heavy (non-hydrogen) atoms. The Kier molecular flexibility index (Phi) is 2.81. The zero-order valence-corrected chi connectivity index (χ0v) is 9.91. The first-order chi connectivity index (χ1) is 9.11. The molecule has 1 aromatic heterocycles. The topological polar surface area (TPSA) is 132 Å². The van der Waals surface area contributed by atoms with Crippen LogP contribution in [0.15, 0.2) is 9.79 Å². The molecule has 2 aliphatic heterocycles. The van der Waals surface area contributed by atoms with Gasteiger partial charge in [0.2, 0.25) is 5.88 Å². The Morgan fingerprint density at radius 2 is 2.32 bits per heavy atom. The molecule has 9 heteroatoms. The lowest BCUT2D eigenvalue weighted by molar-refractivity contribution is -0.0466. The Hall–Kier alpha value is -1.84. The van der Waals surface area contributed by atoms with Crippen LogP contribution in [-0.2, 0) is 4.74 Å². The van der Waals surface area contributed by atoms with Gasteiger partial charge in [0.15, 0.2) is 5.49 Å². The Bertz CT molecular complexity index is 662. The summed E-state index contributed by atoms with van der Waals surface area (Å²) >= 11 is 0. The van der Waals surface area contributed by atoms with E-state index in [1.165, 1.54) is 4.57 Å². The minimum Gasteiger partial charge on any atom is -0.493 e. The Morgan fingerprint density at radius 3 is 3.00 bits per heavy atom. The molecule has 0 radical (unpaired) electrons. The van der Waals surface area contributed by atoms with Crippen molar-refractivity contribution < 1.29 is 20.1 Å². The van der Waals surface area contributed by atoms with Crippen molar-refractivity contribution in [3.05, 3.63) is 21.3 Å². The maximum atomic E-state index is 11.9. The number of nitrogens with zero attached hydrogens (tertiary/aromatic N) is 2. The summed E-state index contributed by atoms with van der Waals surface area (Å²) in [4.78, 5) is 18.5. The third kappa shape index (κ3) is 1.82. The predicted octanol–water partition coefficient (Wildman–Crippen LogP) is -3.38. The summed E-state index contributed by atoms with van der Waals surface area (Å²) in [5, 5.41) is 31.2. The molecule has 0 bridgehead atoms. The number of fused-ring (bicyclic) bond motifs is 1. The molecule has 104 valence electrons. The molecule has 0 amide bonds. The van der Waals surface area contributed by atoms with Crippen molar-refractivity contribution in [2.75, 3.05) is 13.3 Å². The third-order valence-corrected chi connectivity index (χ3v) is 3.29. The summed E-state index contributed by atoms with van der Waals surface area (Å²) in [5.74, 6) is -0.155. The van der Waals surface area contributed by atoms with Crippen molar-refractivity contribution >= 4 is 5.88 Å². The number of aliphatic hydroxyl groups excluding tert-OH is 3. The summed E-state index contributed by atoms with van der Waals surface area (Å²) in [6, 6.07) is 0. The largest absolute Gasteiger partial charge is 0.493 e. The molecule has 0 aliphatic carbocycles. The number of aromatic nitrogens is 2. The predicted molar refractivity (Wildman–Crippen MR) is 61.5 cm³/mol. The Labute approximate surface area is 106 Å². The number of nitrogens with one attached hydrogen (secondary N) is 2. The molecule has 0 aromatic carbocycles. The van der Waals surface area contributed by atoms with Crippen molar-refractivity contribution in [2.45, 2.75) is 24.9 Å². The number of hydrogen-bond donors (Lipinski definition) is 5. The van der Waals surface area contributed by atoms with Crippen LogP contribution in [0.5, 0.6) is 0 Å². The van der Waals surface area contributed by atoms with Crippen LogP contribution in [-0.4, -0.2) is 50.4 Å². The first kappa shape index (κ1) is 12.2. The summed E-state index contributed by atoms with van der Waals surface area (Å²) in [6.07, 6.45) is -2.10. The molecule has 0 unspecified atom stereocenters. The zero-order valence-electron chi connectivity index (χ0n) is 9.91. The van der Waals surface area contributed by atoms with Crippen LogP contribution in [0.25, 0.3) is 5.88 Å². The molecule has 3 rings (SSSR count). The number of ether oxygens (including phenoxy) is 1. The molecule has 0 spiro atoms. The molecule has 0 saturated carbocycles. The highest BCUT2D eigenvalue weighted by Gasteiger charge is 2.36. The van der Waals surface area contributed by atoms with Crippen molar-refractivity contribution in [2.24, 2.45) is 4.99 Å². The van der Waals surface area contributed by atoms with Gasteiger partial charge < -0.3 is 25.4 Å². The average molecular weight is 270 g/mol. The first-order valence-electron chi connectivity index (χ1n) is 5.88. The molecule has 1 saturated heterocycles. The van der Waals surface area contributed by atoms with E-state index in [-0.39, 0.29) is 36.4 Å². The Morgan fingerprint density at radius 1 is 1.53 bits per heavy atom. The van der Waals surface area contributed by atoms with E-state index < -0.39 is 24.1 Å². The van der Waals surface area contributed by atoms with Gasteiger partial charge >= 0.3 is 5.69 Å². The fraction of sp³-hybridized carbons (Fsp3) is 0.600. The van der Waals surface area contributed by atoms with E-state index in [2.05, 4.69) is 15.3 Å². The van der Waals surface area contributed by atoms with Gasteiger partial charge in [-0.1, -0.05) is 0 Å².